The van der Waals surface area contributed by atoms with Gasteiger partial charge in [-0.3, -0.25) is 0 Å². The van der Waals surface area contributed by atoms with Crippen molar-refractivity contribution < 1.29 is 24.4 Å². The summed E-state index contributed by atoms with van der Waals surface area (Å²) < 4.78 is 15.6. The van der Waals surface area contributed by atoms with E-state index in [2.05, 4.69) is 0 Å². The second-order valence-corrected chi connectivity index (χ2v) is 4.26. The molecule has 0 saturated carbocycles. The van der Waals surface area contributed by atoms with E-state index < -0.39 is 24.6 Å². The van der Waals surface area contributed by atoms with Gasteiger partial charge in [-0.1, -0.05) is 30.3 Å². The molecule has 1 heterocycles. The molecule has 0 aliphatic carbocycles. The molecule has 0 radical (unpaired) electrons. The van der Waals surface area contributed by atoms with Gasteiger partial charge in [0.25, 0.3) is 0 Å². The third kappa shape index (κ3) is 3.07. The molecule has 18 heavy (non-hydrogen) atoms. The van der Waals surface area contributed by atoms with Gasteiger partial charge in [0.05, 0.1) is 13.2 Å². The molecule has 1 aliphatic heterocycles. The summed E-state index contributed by atoms with van der Waals surface area (Å²) in [7, 11) is 1.42. The van der Waals surface area contributed by atoms with Crippen molar-refractivity contribution in [3.63, 3.8) is 0 Å². The fourth-order valence-corrected chi connectivity index (χ4v) is 1.98. The van der Waals surface area contributed by atoms with E-state index in [1.807, 2.05) is 30.3 Å². The average Bonchev–Trinajstić information content (AvgIpc) is 2.65. The van der Waals surface area contributed by atoms with E-state index in [0.717, 1.165) is 5.56 Å². The Morgan fingerprint density at radius 2 is 1.94 bits per heavy atom. The molecule has 2 rings (SSSR count). The predicted octanol–water partition coefficient (Wildman–Crippen LogP) is 0.296. The Kier molecular flexibility index (Phi) is 4.68. The normalized spacial score (nSPS) is 31.7. The monoisotopic (exact) mass is 254 g/mol. The molecule has 5 heteroatoms. The molecule has 1 saturated heterocycles. The van der Waals surface area contributed by atoms with Crippen LogP contribution in [-0.2, 0) is 20.8 Å². The SMILES string of the molecule is CO[C@H]1C(O)O[C@H](COCc2ccccc2)[C@H]1O. The number of hydrogen-bond acceptors (Lipinski definition) is 5. The molecule has 5 nitrogen and oxygen atoms in total. The van der Waals surface area contributed by atoms with E-state index in [-0.39, 0.29) is 6.61 Å². The van der Waals surface area contributed by atoms with Crippen LogP contribution in [0.2, 0.25) is 0 Å². The van der Waals surface area contributed by atoms with Gasteiger partial charge in [-0.05, 0) is 5.56 Å². The van der Waals surface area contributed by atoms with Crippen LogP contribution in [0.25, 0.3) is 0 Å². The van der Waals surface area contributed by atoms with Gasteiger partial charge in [0, 0.05) is 7.11 Å². The number of benzene rings is 1. The number of aliphatic hydroxyl groups excluding tert-OH is 2. The molecular formula is C13H18O5. The van der Waals surface area contributed by atoms with E-state index >= 15 is 0 Å². The summed E-state index contributed by atoms with van der Waals surface area (Å²) in [6, 6.07) is 9.72. The summed E-state index contributed by atoms with van der Waals surface area (Å²) in [5.41, 5.74) is 1.05. The smallest absolute Gasteiger partial charge is 0.184 e. The summed E-state index contributed by atoms with van der Waals surface area (Å²) >= 11 is 0. The maximum Gasteiger partial charge on any atom is 0.184 e. The zero-order chi connectivity index (χ0) is 13.0. The van der Waals surface area contributed by atoms with Crippen LogP contribution in [0, 0.1) is 0 Å². The molecule has 1 fully saturated rings. The van der Waals surface area contributed by atoms with Crippen LogP contribution in [0.15, 0.2) is 30.3 Å². The number of ether oxygens (including phenoxy) is 3. The predicted molar refractivity (Wildman–Crippen MR) is 63.8 cm³/mol. The van der Waals surface area contributed by atoms with Gasteiger partial charge in [-0.15, -0.1) is 0 Å². The fraction of sp³-hybridized carbons (Fsp3) is 0.538. The highest BCUT2D eigenvalue weighted by atomic mass is 16.7. The van der Waals surface area contributed by atoms with E-state index in [0.29, 0.717) is 6.61 Å². The Labute approximate surface area is 106 Å². The van der Waals surface area contributed by atoms with E-state index in [4.69, 9.17) is 14.2 Å². The highest BCUT2D eigenvalue weighted by Crippen LogP contribution is 2.22. The van der Waals surface area contributed by atoms with Gasteiger partial charge in [0.1, 0.15) is 18.3 Å². The molecule has 0 bridgehead atoms. The first-order valence-electron chi connectivity index (χ1n) is 5.88. The third-order valence-corrected chi connectivity index (χ3v) is 2.98. The molecule has 1 aliphatic rings. The van der Waals surface area contributed by atoms with Crippen LogP contribution >= 0.6 is 0 Å². The van der Waals surface area contributed by atoms with E-state index in [1.165, 1.54) is 7.11 Å². The first-order chi connectivity index (χ1) is 8.72. The van der Waals surface area contributed by atoms with Gasteiger partial charge in [-0.25, -0.2) is 0 Å². The van der Waals surface area contributed by atoms with Crippen molar-refractivity contribution in [3.8, 4) is 0 Å². The van der Waals surface area contributed by atoms with Gasteiger partial charge in [0.15, 0.2) is 6.29 Å². The van der Waals surface area contributed by atoms with Gasteiger partial charge >= 0.3 is 0 Å². The van der Waals surface area contributed by atoms with Crippen LogP contribution in [0.5, 0.6) is 0 Å². The summed E-state index contributed by atoms with van der Waals surface area (Å²) in [4.78, 5) is 0. The molecular weight excluding hydrogens is 236 g/mol. The van der Waals surface area contributed by atoms with Crippen LogP contribution in [0.1, 0.15) is 5.56 Å². The first-order valence-corrected chi connectivity index (χ1v) is 5.88. The Bertz CT molecular complexity index is 356. The van der Waals surface area contributed by atoms with Gasteiger partial charge in [0.2, 0.25) is 0 Å². The van der Waals surface area contributed by atoms with Crippen molar-refractivity contribution in [1.82, 2.24) is 0 Å². The fourth-order valence-electron chi connectivity index (χ4n) is 1.98. The average molecular weight is 254 g/mol. The Morgan fingerprint density at radius 3 is 2.56 bits per heavy atom. The largest absolute Gasteiger partial charge is 0.387 e. The highest BCUT2D eigenvalue weighted by molar-refractivity contribution is 5.13. The summed E-state index contributed by atoms with van der Waals surface area (Å²) in [5.74, 6) is 0. The number of aliphatic hydroxyl groups is 2. The van der Waals surface area contributed by atoms with Crippen molar-refractivity contribution in [2.75, 3.05) is 13.7 Å². The molecule has 0 aromatic heterocycles. The second kappa shape index (κ2) is 6.26. The molecule has 1 unspecified atom stereocenters. The minimum absolute atomic E-state index is 0.215. The quantitative estimate of drug-likeness (QED) is 0.791. The van der Waals surface area contributed by atoms with E-state index in [9.17, 15) is 10.2 Å². The molecule has 1 aromatic rings. The lowest BCUT2D eigenvalue weighted by atomic mass is 10.1. The Balaban J connectivity index is 1.78. The molecule has 1 aromatic carbocycles. The maximum absolute atomic E-state index is 9.83. The van der Waals surface area contributed by atoms with Crippen molar-refractivity contribution in [2.24, 2.45) is 0 Å². The van der Waals surface area contributed by atoms with Crippen LogP contribution < -0.4 is 0 Å². The number of hydrogen-bond donors (Lipinski definition) is 2. The summed E-state index contributed by atoms with van der Waals surface area (Å²) in [5, 5.41) is 19.3. The molecule has 0 amide bonds. The van der Waals surface area contributed by atoms with Crippen LogP contribution in [-0.4, -0.2) is 48.5 Å². The number of methoxy groups -OCH3 is 1. The Hall–Kier alpha value is -0.980. The van der Waals surface area contributed by atoms with E-state index in [1.54, 1.807) is 0 Å². The van der Waals surface area contributed by atoms with Gasteiger partial charge < -0.3 is 24.4 Å². The minimum Gasteiger partial charge on any atom is -0.387 e. The molecule has 4 atom stereocenters. The third-order valence-electron chi connectivity index (χ3n) is 2.98. The lowest BCUT2D eigenvalue weighted by Crippen LogP contribution is -2.35. The number of rotatable bonds is 5. The lowest BCUT2D eigenvalue weighted by Gasteiger charge is -2.16. The molecule has 100 valence electrons. The van der Waals surface area contributed by atoms with Crippen LogP contribution in [0.3, 0.4) is 0 Å². The van der Waals surface area contributed by atoms with Crippen molar-refractivity contribution in [2.45, 2.75) is 31.2 Å². The zero-order valence-corrected chi connectivity index (χ0v) is 10.2. The zero-order valence-electron chi connectivity index (χ0n) is 10.2. The standard InChI is InChI=1S/C13H18O5/c1-16-12-11(14)10(18-13(12)15)8-17-7-9-5-3-2-4-6-9/h2-6,10-15H,7-8H2,1H3/t10-,11-,12-,13?/m1/s1. The minimum atomic E-state index is -1.10. The maximum atomic E-state index is 9.83. The molecule has 0 spiro atoms. The second-order valence-electron chi connectivity index (χ2n) is 4.26. The van der Waals surface area contributed by atoms with Crippen molar-refractivity contribution >= 4 is 0 Å². The van der Waals surface area contributed by atoms with Crippen molar-refractivity contribution in [1.29, 1.82) is 0 Å². The van der Waals surface area contributed by atoms with Crippen LogP contribution in [0.4, 0.5) is 0 Å². The first kappa shape index (κ1) is 13.5. The lowest BCUT2D eigenvalue weighted by molar-refractivity contribution is -0.143. The van der Waals surface area contributed by atoms with Gasteiger partial charge in [-0.2, -0.15) is 0 Å². The summed E-state index contributed by atoms with van der Waals surface area (Å²) in [6.07, 6.45) is -3.25. The van der Waals surface area contributed by atoms with Crippen molar-refractivity contribution in [3.05, 3.63) is 35.9 Å². The molecule has 2 N–H and O–H groups in total. The topological polar surface area (TPSA) is 68.2 Å². The highest BCUT2D eigenvalue weighted by Gasteiger charge is 2.43. The summed E-state index contributed by atoms with van der Waals surface area (Å²) in [6.45, 7) is 0.661. The Morgan fingerprint density at radius 1 is 1.22 bits per heavy atom.